The number of fused-ring (bicyclic) bond motifs is 1. The van der Waals surface area contributed by atoms with E-state index in [-0.39, 0.29) is 18.2 Å². The Labute approximate surface area is 211 Å². The molecule has 3 fully saturated rings. The average molecular weight is 488 g/mol. The van der Waals surface area contributed by atoms with Gasteiger partial charge in [0.2, 0.25) is 0 Å². The Morgan fingerprint density at radius 3 is 2.67 bits per heavy atom. The molecule has 3 aliphatic rings. The van der Waals surface area contributed by atoms with Gasteiger partial charge in [0.15, 0.2) is 0 Å². The van der Waals surface area contributed by atoms with Crippen molar-refractivity contribution in [1.29, 1.82) is 0 Å². The van der Waals surface area contributed by atoms with Gasteiger partial charge in [-0.25, -0.2) is 10.6 Å². The predicted molar refractivity (Wildman–Crippen MR) is 139 cm³/mol. The summed E-state index contributed by atoms with van der Waals surface area (Å²) in [4.78, 5) is 20.1. The summed E-state index contributed by atoms with van der Waals surface area (Å²) in [5, 5.41) is 6.43. The van der Waals surface area contributed by atoms with E-state index in [1.165, 1.54) is 5.01 Å². The third-order valence-electron chi connectivity index (χ3n) is 7.63. The third-order valence-corrected chi connectivity index (χ3v) is 7.63. The molecule has 2 saturated heterocycles. The molecule has 3 aromatic rings. The molecule has 0 spiro atoms. The van der Waals surface area contributed by atoms with Crippen LogP contribution in [0.3, 0.4) is 0 Å². The molecule has 36 heavy (non-hydrogen) atoms. The molecule has 1 aromatic heterocycles. The fraction of sp³-hybridized carbons (Fsp3) is 0.429. The number of carbonyl (C=O) groups excluding carboxylic acids is 1. The number of amides is 2. The number of nitrogens with zero attached hydrogens (tertiary/aromatic N) is 3. The Balaban J connectivity index is 1.18. The lowest BCUT2D eigenvalue weighted by Gasteiger charge is -2.26. The van der Waals surface area contributed by atoms with E-state index in [4.69, 9.17) is 20.3 Å². The Bertz CT molecular complexity index is 1220. The second-order valence-electron chi connectivity index (χ2n) is 9.99. The van der Waals surface area contributed by atoms with E-state index in [2.05, 4.69) is 28.4 Å². The molecule has 2 aliphatic heterocycles. The monoisotopic (exact) mass is 487 g/mol. The SMILES string of the molecule is NN(C(=O)Nc1ccc(-c2ccc(CN3CCOCC3)nc2)c2ccccc12)C1CC1C1CCCO1. The van der Waals surface area contributed by atoms with Gasteiger partial charge in [0, 0.05) is 49.3 Å². The van der Waals surface area contributed by atoms with E-state index < -0.39 is 0 Å². The number of rotatable bonds is 6. The van der Waals surface area contributed by atoms with E-state index >= 15 is 0 Å². The van der Waals surface area contributed by atoms with E-state index in [0.29, 0.717) is 5.92 Å². The summed E-state index contributed by atoms with van der Waals surface area (Å²) >= 11 is 0. The van der Waals surface area contributed by atoms with Crippen LogP contribution in [0.2, 0.25) is 0 Å². The van der Waals surface area contributed by atoms with Gasteiger partial charge in [-0.05, 0) is 42.3 Å². The van der Waals surface area contributed by atoms with Gasteiger partial charge < -0.3 is 14.8 Å². The smallest absolute Gasteiger partial charge is 0.336 e. The summed E-state index contributed by atoms with van der Waals surface area (Å²) in [7, 11) is 0. The van der Waals surface area contributed by atoms with Crippen molar-refractivity contribution >= 4 is 22.5 Å². The summed E-state index contributed by atoms with van der Waals surface area (Å²) in [5.41, 5.74) is 3.94. The maximum Gasteiger partial charge on any atom is 0.336 e. The van der Waals surface area contributed by atoms with Gasteiger partial charge in [-0.1, -0.05) is 36.4 Å². The minimum atomic E-state index is -0.285. The lowest BCUT2D eigenvalue weighted by Crippen LogP contribution is -2.43. The number of hydrazine groups is 1. The molecule has 2 aromatic carbocycles. The summed E-state index contributed by atoms with van der Waals surface area (Å²) < 4.78 is 11.2. The molecule has 1 saturated carbocycles. The van der Waals surface area contributed by atoms with Crippen LogP contribution >= 0.6 is 0 Å². The first-order valence-corrected chi connectivity index (χ1v) is 12.9. The molecule has 0 radical (unpaired) electrons. The number of nitrogens with two attached hydrogens (primary N) is 1. The average Bonchev–Trinajstić information content (AvgIpc) is 3.53. The molecular formula is C28H33N5O3. The maximum absolute atomic E-state index is 13.0. The zero-order valence-corrected chi connectivity index (χ0v) is 20.4. The quantitative estimate of drug-likeness (QED) is 0.310. The standard InChI is InChI=1S/C28H33N5O3/c29-33(26-16-24(26)27-6-3-13-36-27)28(34)31-25-10-9-21(22-4-1-2-5-23(22)25)19-7-8-20(30-17-19)18-32-11-14-35-15-12-32/h1-2,4-5,7-10,17,24,26-27H,3,6,11-16,18,29H2,(H,31,34). The molecule has 2 amide bonds. The van der Waals surface area contributed by atoms with Gasteiger partial charge in [0.05, 0.1) is 36.7 Å². The van der Waals surface area contributed by atoms with Gasteiger partial charge in [-0.3, -0.25) is 14.9 Å². The minimum Gasteiger partial charge on any atom is -0.379 e. The van der Waals surface area contributed by atoms with Crippen molar-refractivity contribution < 1.29 is 14.3 Å². The van der Waals surface area contributed by atoms with Crippen molar-refractivity contribution in [3.63, 3.8) is 0 Å². The largest absolute Gasteiger partial charge is 0.379 e. The van der Waals surface area contributed by atoms with Gasteiger partial charge in [0.25, 0.3) is 0 Å². The van der Waals surface area contributed by atoms with Crippen LogP contribution in [-0.4, -0.2) is 66.0 Å². The van der Waals surface area contributed by atoms with Crippen molar-refractivity contribution in [1.82, 2.24) is 14.9 Å². The second kappa shape index (κ2) is 10.1. The van der Waals surface area contributed by atoms with Crippen LogP contribution in [0.15, 0.2) is 54.7 Å². The number of nitrogens with one attached hydrogen (secondary N) is 1. The number of carbonyl (C=O) groups is 1. The Morgan fingerprint density at radius 2 is 1.92 bits per heavy atom. The lowest BCUT2D eigenvalue weighted by molar-refractivity contribution is 0.0336. The van der Waals surface area contributed by atoms with E-state index in [1.807, 2.05) is 36.5 Å². The summed E-state index contributed by atoms with van der Waals surface area (Å²) in [6, 6.07) is 16.1. The molecule has 8 heteroatoms. The topological polar surface area (TPSA) is 93.0 Å². The molecule has 3 heterocycles. The Kier molecular flexibility index (Phi) is 6.58. The third kappa shape index (κ3) is 4.82. The van der Waals surface area contributed by atoms with Crippen LogP contribution in [0.1, 0.15) is 25.0 Å². The molecular weight excluding hydrogens is 454 g/mol. The van der Waals surface area contributed by atoms with Crippen molar-refractivity contribution in [2.75, 3.05) is 38.2 Å². The maximum atomic E-state index is 13.0. The zero-order chi connectivity index (χ0) is 24.5. The van der Waals surface area contributed by atoms with E-state index in [0.717, 1.165) is 92.0 Å². The number of aromatic nitrogens is 1. The van der Waals surface area contributed by atoms with E-state index in [1.54, 1.807) is 0 Å². The number of pyridine rings is 1. The Morgan fingerprint density at radius 1 is 1.08 bits per heavy atom. The number of anilines is 1. The molecule has 1 aliphatic carbocycles. The lowest BCUT2D eigenvalue weighted by atomic mass is 9.98. The van der Waals surface area contributed by atoms with Crippen molar-refractivity contribution in [3.8, 4) is 11.1 Å². The number of ether oxygens (including phenoxy) is 2. The highest BCUT2D eigenvalue weighted by Gasteiger charge is 2.49. The van der Waals surface area contributed by atoms with Crippen LogP contribution in [0.5, 0.6) is 0 Å². The first-order chi connectivity index (χ1) is 17.7. The highest BCUT2D eigenvalue weighted by atomic mass is 16.5. The number of morpholine rings is 1. The van der Waals surface area contributed by atoms with Gasteiger partial charge in [-0.2, -0.15) is 0 Å². The number of urea groups is 1. The second-order valence-corrected chi connectivity index (χ2v) is 9.99. The van der Waals surface area contributed by atoms with Gasteiger partial charge in [-0.15, -0.1) is 0 Å². The van der Waals surface area contributed by atoms with Gasteiger partial charge in [0.1, 0.15) is 0 Å². The summed E-state index contributed by atoms with van der Waals surface area (Å²) in [6.07, 6.45) is 5.24. The molecule has 188 valence electrons. The van der Waals surface area contributed by atoms with E-state index in [9.17, 15) is 4.79 Å². The van der Waals surface area contributed by atoms with Crippen LogP contribution in [0.4, 0.5) is 10.5 Å². The molecule has 8 nitrogen and oxygen atoms in total. The highest BCUT2D eigenvalue weighted by molar-refractivity contribution is 6.07. The fourth-order valence-corrected chi connectivity index (χ4v) is 5.52. The number of benzene rings is 2. The molecule has 0 bridgehead atoms. The Hall–Kier alpha value is -3.04. The summed E-state index contributed by atoms with van der Waals surface area (Å²) in [6.45, 7) is 5.10. The van der Waals surface area contributed by atoms with Crippen LogP contribution in [0, 0.1) is 5.92 Å². The fourth-order valence-electron chi connectivity index (χ4n) is 5.52. The summed E-state index contributed by atoms with van der Waals surface area (Å²) in [5.74, 6) is 6.57. The van der Waals surface area contributed by atoms with Crippen LogP contribution in [-0.2, 0) is 16.0 Å². The molecule has 3 N–H and O–H groups in total. The molecule has 3 unspecified atom stereocenters. The number of hydrogen-bond acceptors (Lipinski definition) is 6. The van der Waals surface area contributed by atoms with Crippen LogP contribution in [0.25, 0.3) is 21.9 Å². The molecule has 3 atom stereocenters. The molecule has 6 rings (SSSR count). The van der Waals surface area contributed by atoms with Gasteiger partial charge >= 0.3 is 6.03 Å². The first kappa shape index (κ1) is 23.4. The zero-order valence-electron chi connectivity index (χ0n) is 20.4. The normalized spacial score (nSPS) is 24.1. The first-order valence-electron chi connectivity index (χ1n) is 12.9. The van der Waals surface area contributed by atoms with Crippen molar-refractivity contribution in [2.24, 2.45) is 11.8 Å². The van der Waals surface area contributed by atoms with Crippen molar-refractivity contribution in [3.05, 3.63) is 60.4 Å². The minimum absolute atomic E-state index is 0.0423. The number of hydrogen-bond donors (Lipinski definition) is 2. The predicted octanol–water partition coefficient (Wildman–Crippen LogP) is 4.01. The van der Waals surface area contributed by atoms with Crippen molar-refractivity contribution in [2.45, 2.75) is 38.0 Å². The highest BCUT2D eigenvalue weighted by Crippen LogP contribution is 2.42. The van der Waals surface area contributed by atoms with Crippen LogP contribution < -0.4 is 11.2 Å².